The van der Waals surface area contributed by atoms with Crippen molar-refractivity contribution in [1.29, 1.82) is 0 Å². The summed E-state index contributed by atoms with van der Waals surface area (Å²) in [6.45, 7) is 2.98. The smallest absolute Gasteiger partial charge is 0.220 e. The molecule has 0 saturated carbocycles. The summed E-state index contributed by atoms with van der Waals surface area (Å²) in [5, 5.41) is 6.97. The van der Waals surface area contributed by atoms with E-state index in [-0.39, 0.29) is 11.8 Å². The molecular weight excluding hydrogens is 192 g/mol. The van der Waals surface area contributed by atoms with Crippen molar-refractivity contribution >= 4 is 5.91 Å². The van der Waals surface area contributed by atoms with Crippen molar-refractivity contribution in [3.05, 3.63) is 18.0 Å². The van der Waals surface area contributed by atoms with Crippen LogP contribution in [0.15, 0.2) is 12.3 Å². The van der Waals surface area contributed by atoms with Gasteiger partial charge in [-0.1, -0.05) is 6.92 Å². The Kier molecular flexibility index (Phi) is 4.30. The first-order valence-corrected chi connectivity index (χ1v) is 5.07. The maximum Gasteiger partial charge on any atom is 0.220 e. The van der Waals surface area contributed by atoms with Gasteiger partial charge in [0.05, 0.1) is 12.2 Å². The van der Waals surface area contributed by atoms with Gasteiger partial charge < -0.3 is 11.1 Å². The number of carbonyl (C=O) groups is 1. The van der Waals surface area contributed by atoms with Crippen LogP contribution in [0, 0.1) is 5.92 Å². The lowest BCUT2D eigenvalue weighted by atomic mass is 10.1. The summed E-state index contributed by atoms with van der Waals surface area (Å²) in [6.07, 6.45) is 2.33. The van der Waals surface area contributed by atoms with E-state index in [0.29, 0.717) is 19.5 Å². The van der Waals surface area contributed by atoms with E-state index >= 15 is 0 Å². The molecule has 1 heterocycles. The molecule has 0 spiro atoms. The van der Waals surface area contributed by atoms with Crippen LogP contribution >= 0.6 is 0 Å². The van der Waals surface area contributed by atoms with Gasteiger partial charge in [-0.25, -0.2) is 0 Å². The van der Waals surface area contributed by atoms with Crippen molar-refractivity contribution in [2.24, 2.45) is 18.7 Å². The SMILES string of the molecule is CC(CN)CC(=O)NCc1ccn(C)n1. The Labute approximate surface area is 89.6 Å². The second kappa shape index (κ2) is 5.50. The molecule has 1 aromatic heterocycles. The molecule has 1 rings (SSSR count). The van der Waals surface area contributed by atoms with Gasteiger partial charge in [-0.2, -0.15) is 5.10 Å². The lowest BCUT2D eigenvalue weighted by Crippen LogP contribution is -2.26. The van der Waals surface area contributed by atoms with Gasteiger partial charge in [0.25, 0.3) is 0 Å². The zero-order chi connectivity index (χ0) is 11.3. The van der Waals surface area contributed by atoms with Gasteiger partial charge in [-0.15, -0.1) is 0 Å². The monoisotopic (exact) mass is 210 g/mol. The number of nitrogens with zero attached hydrogens (tertiary/aromatic N) is 2. The van der Waals surface area contributed by atoms with Gasteiger partial charge in [0.2, 0.25) is 5.91 Å². The van der Waals surface area contributed by atoms with Gasteiger partial charge in [-0.05, 0) is 18.5 Å². The van der Waals surface area contributed by atoms with Crippen LogP contribution in [0.4, 0.5) is 0 Å². The van der Waals surface area contributed by atoms with Gasteiger partial charge in [0.1, 0.15) is 0 Å². The lowest BCUT2D eigenvalue weighted by Gasteiger charge is -2.07. The van der Waals surface area contributed by atoms with Crippen LogP contribution in [0.1, 0.15) is 19.0 Å². The van der Waals surface area contributed by atoms with Gasteiger partial charge in [-0.3, -0.25) is 9.48 Å². The first-order chi connectivity index (χ1) is 7.11. The third-order valence-corrected chi connectivity index (χ3v) is 2.17. The van der Waals surface area contributed by atoms with E-state index in [1.54, 1.807) is 4.68 Å². The highest BCUT2D eigenvalue weighted by Gasteiger charge is 2.07. The van der Waals surface area contributed by atoms with E-state index in [0.717, 1.165) is 5.69 Å². The van der Waals surface area contributed by atoms with Crippen LogP contribution in [0.5, 0.6) is 0 Å². The summed E-state index contributed by atoms with van der Waals surface area (Å²) in [5.41, 5.74) is 6.30. The minimum atomic E-state index is 0.0265. The standard InChI is InChI=1S/C10H18N4O/c1-8(6-11)5-10(15)12-7-9-3-4-14(2)13-9/h3-4,8H,5-7,11H2,1-2H3,(H,12,15). The molecule has 1 amide bonds. The predicted molar refractivity (Wildman–Crippen MR) is 57.9 cm³/mol. The number of carbonyl (C=O) groups excluding carboxylic acids is 1. The molecule has 0 aliphatic heterocycles. The number of nitrogens with two attached hydrogens (primary N) is 1. The third-order valence-electron chi connectivity index (χ3n) is 2.17. The van der Waals surface area contributed by atoms with Crippen LogP contribution < -0.4 is 11.1 Å². The highest BCUT2D eigenvalue weighted by molar-refractivity contribution is 5.76. The molecule has 1 unspecified atom stereocenters. The molecule has 15 heavy (non-hydrogen) atoms. The summed E-state index contributed by atoms with van der Waals surface area (Å²) in [6, 6.07) is 1.88. The van der Waals surface area contributed by atoms with Crippen molar-refractivity contribution in [2.75, 3.05) is 6.54 Å². The van der Waals surface area contributed by atoms with Crippen molar-refractivity contribution < 1.29 is 4.79 Å². The van der Waals surface area contributed by atoms with Crippen LogP contribution in [0.2, 0.25) is 0 Å². The van der Waals surface area contributed by atoms with Gasteiger partial charge in [0, 0.05) is 19.7 Å². The van der Waals surface area contributed by atoms with E-state index in [1.807, 2.05) is 26.2 Å². The molecule has 1 atom stereocenters. The molecule has 0 bridgehead atoms. The molecular formula is C10H18N4O. The van der Waals surface area contributed by atoms with E-state index < -0.39 is 0 Å². The number of hydrogen-bond donors (Lipinski definition) is 2. The second-order valence-electron chi connectivity index (χ2n) is 3.80. The van der Waals surface area contributed by atoms with E-state index in [4.69, 9.17) is 5.73 Å². The molecule has 84 valence electrons. The van der Waals surface area contributed by atoms with Crippen molar-refractivity contribution in [2.45, 2.75) is 19.9 Å². The van der Waals surface area contributed by atoms with Crippen LogP contribution in [-0.4, -0.2) is 22.2 Å². The second-order valence-corrected chi connectivity index (χ2v) is 3.80. The topological polar surface area (TPSA) is 72.9 Å². The fourth-order valence-corrected chi connectivity index (χ4v) is 1.22. The Hall–Kier alpha value is -1.36. The number of aromatic nitrogens is 2. The Morgan fingerprint density at radius 1 is 1.73 bits per heavy atom. The lowest BCUT2D eigenvalue weighted by molar-refractivity contribution is -0.122. The quantitative estimate of drug-likeness (QED) is 0.719. The van der Waals surface area contributed by atoms with Crippen molar-refractivity contribution in [3.63, 3.8) is 0 Å². The maximum absolute atomic E-state index is 11.4. The summed E-state index contributed by atoms with van der Waals surface area (Å²) in [4.78, 5) is 11.4. The Morgan fingerprint density at radius 2 is 2.47 bits per heavy atom. The highest BCUT2D eigenvalue weighted by atomic mass is 16.1. The van der Waals surface area contributed by atoms with E-state index in [9.17, 15) is 4.79 Å². The van der Waals surface area contributed by atoms with Crippen LogP contribution in [0.3, 0.4) is 0 Å². The third kappa shape index (κ3) is 4.12. The molecule has 3 N–H and O–H groups in total. The average molecular weight is 210 g/mol. The Bertz CT molecular complexity index is 321. The normalized spacial score (nSPS) is 12.5. The maximum atomic E-state index is 11.4. The van der Waals surface area contributed by atoms with Crippen LogP contribution in [-0.2, 0) is 18.4 Å². The summed E-state index contributed by atoms with van der Waals surface area (Å²) >= 11 is 0. The Balaban J connectivity index is 2.28. The minimum Gasteiger partial charge on any atom is -0.350 e. The largest absolute Gasteiger partial charge is 0.350 e. The number of nitrogens with one attached hydrogen (secondary N) is 1. The minimum absolute atomic E-state index is 0.0265. The molecule has 0 saturated heterocycles. The first kappa shape index (κ1) is 11.7. The molecule has 0 fully saturated rings. The van der Waals surface area contributed by atoms with Crippen LogP contribution in [0.25, 0.3) is 0 Å². The zero-order valence-electron chi connectivity index (χ0n) is 9.23. The first-order valence-electron chi connectivity index (χ1n) is 5.07. The van der Waals surface area contributed by atoms with E-state index in [1.165, 1.54) is 0 Å². The van der Waals surface area contributed by atoms with Gasteiger partial charge in [0.15, 0.2) is 0 Å². The number of amides is 1. The molecule has 0 radical (unpaired) electrons. The highest BCUT2D eigenvalue weighted by Crippen LogP contribution is 1.99. The number of hydrogen-bond acceptors (Lipinski definition) is 3. The molecule has 0 aliphatic carbocycles. The number of aryl methyl sites for hydroxylation is 1. The average Bonchev–Trinajstić information content (AvgIpc) is 2.61. The molecule has 5 nitrogen and oxygen atoms in total. The zero-order valence-corrected chi connectivity index (χ0v) is 9.23. The predicted octanol–water partition coefficient (Wildman–Crippen LogP) is 0.0212. The molecule has 0 aromatic carbocycles. The Morgan fingerprint density at radius 3 is 3.00 bits per heavy atom. The fourth-order valence-electron chi connectivity index (χ4n) is 1.22. The van der Waals surface area contributed by atoms with E-state index in [2.05, 4.69) is 10.4 Å². The van der Waals surface area contributed by atoms with Crippen molar-refractivity contribution in [3.8, 4) is 0 Å². The molecule has 5 heteroatoms. The summed E-state index contributed by atoms with van der Waals surface area (Å²) < 4.78 is 1.71. The molecule has 1 aromatic rings. The van der Waals surface area contributed by atoms with Gasteiger partial charge >= 0.3 is 0 Å². The summed E-state index contributed by atoms with van der Waals surface area (Å²) in [5.74, 6) is 0.257. The van der Waals surface area contributed by atoms with Crippen molar-refractivity contribution in [1.82, 2.24) is 15.1 Å². The summed E-state index contributed by atoms with van der Waals surface area (Å²) in [7, 11) is 1.85. The molecule has 0 aliphatic rings. The fraction of sp³-hybridized carbons (Fsp3) is 0.600. The number of rotatable bonds is 5.